The predicted octanol–water partition coefficient (Wildman–Crippen LogP) is 5.21. The van der Waals surface area contributed by atoms with E-state index in [-0.39, 0.29) is 44.0 Å². The van der Waals surface area contributed by atoms with Crippen molar-refractivity contribution >= 4 is 39.7 Å². The highest BCUT2D eigenvalue weighted by atomic mass is 35.5. The zero-order valence-electron chi connectivity index (χ0n) is 20.2. The molecule has 1 aromatic carbocycles. The van der Waals surface area contributed by atoms with Gasteiger partial charge in [-0.3, -0.25) is 9.71 Å². The number of aryl methyl sites for hydroxylation is 1. The van der Waals surface area contributed by atoms with Crippen molar-refractivity contribution in [3.8, 4) is 40.2 Å². The van der Waals surface area contributed by atoms with Crippen LogP contribution < -0.4 is 14.2 Å². The smallest absolute Gasteiger partial charge is 0.314 e. The molecule has 4 aromatic heterocycles. The molecule has 0 aliphatic carbocycles. The number of benzene rings is 1. The molecule has 15 heteroatoms. The molecule has 0 bridgehead atoms. The van der Waals surface area contributed by atoms with Crippen LogP contribution in [0.4, 0.5) is 5.82 Å². The minimum atomic E-state index is -4.20. The highest BCUT2D eigenvalue weighted by Crippen LogP contribution is 2.40. The normalized spacial score (nSPS) is 11.3. The molecule has 198 valence electrons. The second-order valence-corrected chi connectivity index (χ2v) is 10.2. The molecule has 2 N–H and O–H groups in total. The number of rotatable bonds is 8. The number of pyridine rings is 2. The van der Waals surface area contributed by atoms with Gasteiger partial charge in [0.2, 0.25) is 5.75 Å². The number of hydrogen-bond donors (Lipinski definition) is 2. The van der Waals surface area contributed by atoms with Crippen LogP contribution in [0.5, 0.6) is 17.2 Å². The minimum Gasteiger partial charge on any atom is -0.493 e. The maximum atomic E-state index is 13.2. The molecule has 0 saturated heterocycles. The summed E-state index contributed by atoms with van der Waals surface area (Å²) in [6.07, 6.45) is 2.93. The lowest BCUT2D eigenvalue weighted by molar-refractivity contribution is 0.378. The number of sulfonamides is 1. The molecule has 0 radical (unpaired) electrons. The second-order valence-electron chi connectivity index (χ2n) is 7.91. The van der Waals surface area contributed by atoms with Crippen LogP contribution in [-0.4, -0.2) is 45.6 Å². The van der Waals surface area contributed by atoms with E-state index in [9.17, 15) is 8.42 Å². The van der Waals surface area contributed by atoms with Crippen molar-refractivity contribution in [2.45, 2.75) is 11.9 Å². The van der Waals surface area contributed by atoms with E-state index in [1.54, 1.807) is 49.4 Å². The molecule has 0 aliphatic rings. The standard InChI is InChI=1S/C24H18ClN7O5S2/c1-13-7-8-18(27-12-13)39(33,34)32-23-19(36-17-6-4-3-5-16(17)35-2)20(25)28-21(29-23)14-9-10-26-15(11-14)22-30-24(38)37-31-22/h3-12H,1-2H3,(H,28,29,32)(H,30,31,38). The Morgan fingerprint density at radius 3 is 2.54 bits per heavy atom. The van der Waals surface area contributed by atoms with Crippen LogP contribution in [0.1, 0.15) is 5.56 Å². The highest BCUT2D eigenvalue weighted by molar-refractivity contribution is 7.92. The molecule has 12 nitrogen and oxygen atoms in total. The number of methoxy groups -OCH3 is 1. The quantitative estimate of drug-likeness (QED) is 0.182. The molecular formula is C24H18ClN7O5S2. The predicted molar refractivity (Wildman–Crippen MR) is 144 cm³/mol. The average Bonchev–Trinajstić information content (AvgIpc) is 3.37. The van der Waals surface area contributed by atoms with Crippen molar-refractivity contribution in [3.63, 3.8) is 0 Å². The summed E-state index contributed by atoms with van der Waals surface area (Å²) >= 11 is 11.5. The number of nitrogens with zero attached hydrogens (tertiary/aromatic N) is 5. The molecule has 0 aliphatic heterocycles. The summed E-state index contributed by atoms with van der Waals surface area (Å²) in [7, 11) is -2.73. The molecule has 5 rings (SSSR count). The maximum Gasteiger partial charge on any atom is 0.314 e. The van der Waals surface area contributed by atoms with Crippen LogP contribution >= 0.6 is 23.8 Å². The van der Waals surface area contributed by atoms with Gasteiger partial charge in [0.15, 0.2) is 39.1 Å². The van der Waals surface area contributed by atoms with Crippen molar-refractivity contribution in [2.75, 3.05) is 11.8 Å². The molecule has 0 unspecified atom stereocenters. The molecule has 5 aromatic rings. The lowest BCUT2D eigenvalue weighted by Crippen LogP contribution is -2.17. The summed E-state index contributed by atoms with van der Waals surface area (Å²) in [6, 6.07) is 13.0. The van der Waals surface area contributed by atoms with Gasteiger partial charge in [0, 0.05) is 18.0 Å². The van der Waals surface area contributed by atoms with Crippen LogP contribution in [0.2, 0.25) is 5.15 Å². The number of halogens is 1. The SMILES string of the molecule is COc1ccccc1Oc1c(Cl)nc(-c2ccnc(-c3nc(=S)o[nH]3)c2)nc1NS(=O)(=O)c1ccc(C)cn1. The Morgan fingerprint density at radius 2 is 1.85 bits per heavy atom. The van der Waals surface area contributed by atoms with E-state index in [1.165, 1.54) is 25.6 Å². The van der Waals surface area contributed by atoms with Gasteiger partial charge in [-0.2, -0.15) is 18.6 Å². The van der Waals surface area contributed by atoms with Crippen LogP contribution in [0.25, 0.3) is 22.9 Å². The topological polar surface area (TPSA) is 158 Å². The van der Waals surface area contributed by atoms with E-state index >= 15 is 0 Å². The molecule has 0 spiro atoms. The third-order valence-corrected chi connectivity index (χ3v) is 6.88. The third-order valence-electron chi connectivity index (χ3n) is 5.19. The number of para-hydroxylation sites is 2. The van der Waals surface area contributed by atoms with Gasteiger partial charge in [-0.25, -0.2) is 15.0 Å². The van der Waals surface area contributed by atoms with Gasteiger partial charge >= 0.3 is 4.84 Å². The first-order valence-electron chi connectivity index (χ1n) is 11.1. The van der Waals surface area contributed by atoms with Gasteiger partial charge in [0.25, 0.3) is 10.0 Å². The first kappa shape index (κ1) is 26.2. The fourth-order valence-corrected chi connectivity index (χ4v) is 4.63. The summed E-state index contributed by atoms with van der Waals surface area (Å²) < 4.78 is 45.2. The van der Waals surface area contributed by atoms with Crippen LogP contribution in [0.15, 0.2) is 70.5 Å². The number of aromatic nitrogens is 6. The third kappa shape index (κ3) is 5.72. The number of nitrogens with one attached hydrogen (secondary N) is 2. The van der Waals surface area contributed by atoms with Crippen LogP contribution in [-0.2, 0) is 10.0 Å². The maximum absolute atomic E-state index is 13.2. The molecule has 0 amide bonds. The fourth-order valence-electron chi connectivity index (χ4n) is 3.36. The molecule has 39 heavy (non-hydrogen) atoms. The van der Waals surface area contributed by atoms with Gasteiger partial charge < -0.3 is 14.0 Å². The van der Waals surface area contributed by atoms with Crippen molar-refractivity contribution in [2.24, 2.45) is 0 Å². The van der Waals surface area contributed by atoms with Crippen molar-refractivity contribution in [3.05, 3.63) is 76.5 Å². The van der Waals surface area contributed by atoms with Crippen molar-refractivity contribution < 1.29 is 22.4 Å². The van der Waals surface area contributed by atoms with E-state index in [1.807, 2.05) is 0 Å². The molecule has 0 saturated carbocycles. The number of ether oxygens (including phenoxy) is 2. The Kier molecular flexibility index (Phi) is 7.24. The Labute approximate surface area is 232 Å². The molecule has 4 heterocycles. The van der Waals surface area contributed by atoms with Crippen molar-refractivity contribution in [1.29, 1.82) is 0 Å². The second kappa shape index (κ2) is 10.8. The van der Waals surface area contributed by atoms with Gasteiger partial charge in [-0.15, -0.1) is 0 Å². The summed E-state index contributed by atoms with van der Waals surface area (Å²) in [5, 5.41) is 2.18. The summed E-state index contributed by atoms with van der Waals surface area (Å²) in [4.78, 5) is 21.1. The molecule has 0 atom stereocenters. The van der Waals surface area contributed by atoms with Crippen LogP contribution in [0.3, 0.4) is 0 Å². The van der Waals surface area contributed by atoms with Crippen LogP contribution in [0, 0.1) is 11.8 Å². The van der Waals surface area contributed by atoms with E-state index in [2.05, 4.69) is 34.8 Å². The number of H-pyrrole nitrogens is 1. The van der Waals surface area contributed by atoms with E-state index in [0.717, 1.165) is 5.56 Å². The summed E-state index contributed by atoms with van der Waals surface area (Å²) in [5.41, 5.74) is 1.62. The zero-order valence-corrected chi connectivity index (χ0v) is 22.6. The lowest BCUT2D eigenvalue weighted by Gasteiger charge is -2.16. The Balaban J connectivity index is 1.62. The first-order valence-corrected chi connectivity index (χ1v) is 13.4. The summed E-state index contributed by atoms with van der Waals surface area (Å²) in [6.45, 7) is 1.79. The lowest BCUT2D eigenvalue weighted by atomic mass is 10.2. The Hall–Kier alpha value is -4.40. The minimum absolute atomic E-state index is 0.00995. The van der Waals surface area contributed by atoms with E-state index in [4.69, 9.17) is 37.8 Å². The Morgan fingerprint density at radius 1 is 1.05 bits per heavy atom. The zero-order chi connectivity index (χ0) is 27.6. The monoisotopic (exact) mass is 583 g/mol. The number of anilines is 1. The van der Waals surface area contributed by atoms with Gasteiger partial charge in [-0.05, 0) is 55.0 Å². The van der Waals surface area contributed by atoms with Gasteiger partial charge in [0.05, 0.1) is 7.11 Å². The Bertz CT molecular complexity index is 1830. The largest absolute Gasteiger partial charge is 0.493 e. The molecular weight excluding hydrogens is 566 g/mol. The van der Waals surface area contributed by atoms with E-state index < -0.39 is 10.0 Å². The average molecular weight is 584 g/mol. The number of aromatic amines is 1. The summed E-state index contributed by atoms with van der Waals surface area (Å²) in [5.74, 6) is 0.645. The fraction of sp³-hybridized carbons (Fsp3) is 0.0833. The van der Waals surface area contributed by atoms with Gasteiger partial charge in [0.1, 0.15) is 5.69 Å². The van der Waals surface area contributed by atoms with Gasteiger partial charge in [-0.1, -0.05) is 29.8 Å². The highest BCUT2D eigenvalue weighted by Gasteiger charge is 2.24. The van der Waals surface area contributed by atoms with E-state index in [0.29, 0.717) is 17.0 Å². The van der Waals surface area contributed by atoms with Crippen molar-refractivity contribution in [1.82, 2.24) is 30.1 Å². The molecule has 0 fully saturated rings. The first-order chi connectivity index (χ1) is 18.7. The number of hydrogen-bond acceptors (Lipinski definition) is 11.